The molecule has 0 aromatic heterocycles. The van der Waals surface area contributed by atoms with Crippen molar-refractivity contribution < 1.29 is 9.18 Å². The Hall–Kier alpha value is -1.69. The van der Waals surface area contributed by atoms with E-state index in [1.54, 1.807) is 12.1 Å². The maximum atomic E-state index is 13.3. The summed E-state index contributed by atoms with van der Waals surface area (Å²) in [4.78, 5) is 11.6. The first-order chi connectivity index (χ1) is 9.11. The van der Waals surface area contributed by atoms with Crippen LogP contribution in [-0.2, 0) is 4.79 Å². The van der Waals surface area contributed by atoms with Crippen LogP contribution in [0.2, 0.25) is 0 Å². The van der Waals surface area contributed by atoms with Gasteiger partial charge in [0, 0.05) is 6.04 Å². The molecule has 0 heterocycles. The van der Waals surface area contributed by atoms with E-state index in [1.165, 1.54) is 12.1 Å². The van der Waals surface area contributed by atoms with Crippen molar-refractivity contribution in [2.45, 2.75) is 18.9 Å². The van der Waals surface area contributed by atoms with E-state index in [9.17, 15) is 9.18 Å². The molecule has 1 aromatic carbocycles. The van der Waals surface area contributed by atoms with Crippen molar-refractivity contribution in [2.24, 2.45) is 5.10 Å². The first-order valence-electron chi connectivity index (χ1n) is 5.60. The number of benzene rings is 1. The Bertz CT molecular complexity index is 578. The van der Waals surface area contributed by atoms with E-state index < -0.39 is 5.91 Å². The molecular weight excluding hydrogens is 362 g/mol. The number of carbonyl (C=O) groups excluding carboxylic acids is 1. The average Bonchev–Trinajstić information content (AvgIpc) is 3.19. The summed E-state index contributed by atoms with van der Waals surface area (Å²) in [6.07, 6.45) is 1.86. The Kier molecular flexibility index (Phi) is 4.31. The Labute approximate surface area is 123 Å². The third-order valence-electron chi connectivity index (χ3n) is 2.47. The van der Waals surface area contributed by atoms with E-state index >= 15 is 0 Å². The molecule has 98 valence electrons. The molecule has 2 N–H and O–H groups in total. The fourth-order valence-corrected chi connectivity index (χ4v) is 1.79. The van der Waals surface area contributed by atoms with E-state index in [2.05, 4.69) is 15.8 Å². The first kappa shape index (κ1) is 13.7. The molecule has 0 atom stereocenters. The molecule has 1 aliphatic rings. The van der Waals surface area contributed by atoms with E-state index in [0.717, 1.165) is 12.8 Å². The number of rotatable bonds is 4. The zero-order valence-electron chi connectivity index (χ0n) is 9.78. The van der Waals surface area contributed by atoms with Crippen molar-refractivity contribution in [3.05, 3.63) is 27.6 Å². The van der Waals surface area contributed by atoms with Gasteiger partial charge in [0.15, 0.2) is 0 Å². The molecule has 2 rings (SSSR count). The fraction of sp³-hybridized carbons (Fsp3) is 0.250. The molecule has 0 spiro atoms. The summed E-state index contributed by atoms with van der Waals surface area (Å²) in [5, 5.41) is 15.3. The number of nitrogens with zero attached hydrogens (tertiary/aromatic N) is 2. The number of carbonyl (C=O) groups is 1. The molecule has 7 heteroatoms. The highest BCUT2D eigenvalue weighted by molar-refractivity contribution is 14.1. The van der Waals surface area contributed by atoms with Crippen LogP contribution < -0.4 is 10.7 Å². The Morgan fingerprint density at radius 2 is 2.26 bits per heavy atom. The molecule has 1 amide bonds. The van der Waals surface area contributed by atoms with Gasteiger partial charge < -0.3 is 5.32 Å². The third kappa shape index (κ3) is 3.64. The summed E-state index contributed by atoms with van der Waals surface area (Å²) in [6.45, 7) is 0. The lowest BCUT2D eigenvalue weighted by Crippen LogP contribution is -2.32. The smallest absolute Gasteiger partial charge is 0.282 e. The summed E-state index contributed by atoms with van der Waals surface area (Å²) in [6, 6.07) is 6.33. The summed E-state index contributed by atoms with van der Waals surface area (Å²) >= 11 is 1.82. The topological polar surface area (TPSA) is 77.3 Å². The molecular formula is C12H10FIN4O. The van der Waals surface area contributed by atoms with Crippen molar-refractivity contribution in [3.63, 3.8) is 0 Å². The number of nitriles is 1. The Morgan fingerprint density at radius 1 is 1.53 bits per heavy atom. The summed E-state index contributed by atoms with van der Waals surface area (Å²) in [7, 11) is 0. The van der Waals surface area contributed by atoms with Crippen LogP contribution in [0.5, 0.6) is 0 Å². The third-order valence-corrected chi connectivity index (χ3v) is 3.57. The molecule has 0 bridgehead atoms. The largest absolute Gasteiger partial charge is 0.347 e. The van der Waals surface area contributed by atoms with Gasteiger partial charge in [0.25, 0.3) is 5.91 Å². The van der Waals surface area contributed by atoms with Gasteiger partial charge in [0.2, 0.25) is 5.71 Å². The monoisotopic (exact) mass is 372 g/mol. The van der Waals surface area contributed by atoms with E-state index in [1.807, 2.05) is 22.6 Å². The molecule has 0 radical (unpaired) electrons. The van der Waals surface area contributed by atoms with Crippen LogP contribution in [0.1, 0.15) is 12.8 Å². The predicted octanol–water partition coefficient (Wildman–Crippen LogP) is 2.00. The number of amides is 1. The first-order valence-corrected chi connectivity index (χ1v) is 6.68. The minimum atomic E-state index is -0.510. The second-order valence-electron chi connectivity index (χ2n) is 4.03. The second kappa shape index (κ2) is 5.97. The second-order valence-corrected chi connectivity index (χ2v) is 5.11. The molecule has 1 fully saturated rings. The van der Waals surface area contributed by atoms with Gasteiger partial charge in [0.05, 0.1) is 9.26 Å². The SMILES string of the molecule is N#CC(=NNc1cccc(F)c1I)C(=O)NC1CC1. The summed E-state index contributed by atoms with van der Waals surface area (Å²) in [5.41, 5.74) is 2.67. The normalized spacial score (nSPS) is 14.7. The van der Waals surface area contributed by atoms with Gasteiger partial charge >= 0.3 is 0 Å². The Balaban J connectivity index is 2.08. The molecule has 19 heavy (non-hydrogen) atoms. The van der Waals surface area contributed by atoms with E-state index in [4.69, 9.17) is 5.26 Å². The summed E-state index contributed by atoms with van der Waals surface area (Å²) in [5.74, 6) is -0.898. The number of hydrogen-bond donors (Lipinski definition) is 2. The number of hydrogen-bond acceptors (Lipinski definition) is 4. The van der Waals surface area contributed by atoms with Crippen LogP contribution in [0, 0.1) is 20.7 Å². The van der Waals surface area contributed by atoms with Crippen LogP contribution in [0.15, 0.2) is 23.3 Å². The predicted molar refractivity (Wildman–Crippen MR) is 77.0 cm³/mol. The zero-order chi connectivity index (χ0) is 13.8. The molecule has 1 saturated carbocycles. The Morgan fingerprint density at radius 3 is 2.89 bits per heavy atom. The lowest BCUT2D eigenvalue weighted by atomic mass is 10.3. The van der Waals surface area contributed by atoms with Crippen LogP contribution in [0.25, 0.3) is 0 Å². The maximum absolute atomic E-state index is 13.3. The van der Waals surface area contributed by atoms with Gasteiger partial charge in [-0.3, -0.25) is 10.2 Å². The highest BCUT2D eigenvalue weighted by atomic mass is 127. The van der Waals surface area contributed by atoms with Crippen molar-refractivity contribution in [1.82, 2.24) is 5.32 Å². The van der Waals surface area contributed by atoms with Crippen molar-refractivity contribution in [2.75, 3.05) is 5.43 Å². The van der Waals surface area contributed by atoms with Crippen LogP contribution in [0.4, 0.5) is 10.1 Å². The zero-order valence-corrected chi connectivity index (χ0v) is 11.9. The number of hydrazone groups is 1. The lowest BCUT2D eigenvalue weighted by Gasteiger charge is -2.05. The molecule has 5 nitrogen and oxygen atoms in total. The van der Waals surface area contributed by atoms with Crippen molar-refractivity contribution in [1.29, 1.82) is 5.26 Å². The van der Waals surface area contributed by atoms with Crippen LogP contribution in [-0.4, -0.2) is 17.7 Å². The number of nitrogens with one attached hydrogen (secondary N) is 2. The van der Waals surface area contributed by atoms with Gasteiger partial charge in [-0.1, -0.05) is 6.07 Å². The van der Waals surface area contributed by atoms with Crippen LogP contribution in [0.3, 0.4) is 0 Å². The highest BCUT2D eigenvalue weighted by Gasteiger charge is 2.25. The molecule has 1 aliphatic carbocycles. The number of halogens is 2. The molecule has 0 saturated heterocycles. The minimum Gasteiger partial charge on any atom is -0.347 e. The van der Waals surface area contributed by atoms with Crippen molar-refractivity contribution >= 4 is 39.9 Å². The summed E-state index contributed by atoms with van der Waals surface area (Å²) < 4.78 is 13.6. The van der Waals surface area contributed by atoms with Crippen molar-refractivity contribution in [3.8, 4) is 6.07 Å². The average molecular weight is 372 g/mol. The van der Waals surface area contributed by atoms with Gasteiger partial charge in [0.1, 0.15) is 11.9 Å². The fourth-order valence-electron chi connectivity index (χ4n) is 1.31. The lowest BCUT2D eigenvalue weighted by molar-refractivity contribution is -0.114. The van der Waals surface area contributed by atoms with Gasteiger partial charge in [-0.2, -0.15) is 10.4 Å². The molecule has 0 aliphatic heterocycles. The standard InChI is InChI=1S/C12H10FIN4O/c13-8-2-1-3-9(11(8)14)17-18-10(6-15)12(19)16-7-4-5-7/h1-3,7,17H,4-5H2,(H,16,19). The van der Waals surface area contributed by atoms with Crippen LogP contribution >= 0.6 is 22.6 Å². The van der Waals surface area contributed by atoms with Gasteiger partial charge in [-0.25, -0.2) is 4.39 Å². The molecule has 0 unspecified atom stereocenters. The quantitative estimate of drug-likeness (QED) is 0.482. The van der Waals surface area contributed by atoms with Gasteiger partial charge in [-0.15, -0.1) is 0 Å². The minimum absolute atomic E-state index is 0.153. The number of anilines is 1. The highest BCUT2D eigenvalue weighted by Crippen LogP contribution is 2.21. The van der Waals surface area contributed by atoms with Gasteiger partial charge in [-0.05, 0) is 47.6 Å². The van der Waals surface area contributed by atoms with E-state index in [0.29, 0.717) is 9.26 Å². The maximum Gasteiger partial charge on any atom is 0.282 e. The van der Waals surface area contributed by atoms with E-state index in [-0.39, 0.29) is 17.6 Å². The molecule has 1 aromatic rings.